The maximum Gasteiger partial charge on any atom is 0.227 e. The maximum atomic E-state index is 4.86. The largest absolute Gasteiger partial charge is 0.365 e. The Morgan fingerprint density at radius 2 is 1.68 bits per heavy atom. The van der Waals surface area contributed by atoms with Gasteiger partial charge in [0, 0.05) is 25.0 Å². The van der Waals surface area contributed by atoms with E-state index in [0.29, 0.717) is 0 Å². The highest BCUT2D eigenvalue weighted by Gasteiger charge is 2.16. The molecule has 0 saturated carbocycles. The van der Waals surface area contributed by atoms with Crippen molar-refractivity contribution in [2.75, 3.05) is 23.3 Å². The Bertz CT molecular complexity index is 851. The van der Waals surface area contributed by atoms with Crippen LogP contribution in [0.1, 0.15) is 30.4 Å². The first kappa shape index (κ1) is 15.9. The fourth-order valence-corrected chi connectivity index (χ4v) is 3.33. The van der Waals surface area contributed by atoms with Crippen LogP contribution in [0.3, 0.4) is 0 Å². The van der Waals surface area contributed by atoms with Crippen LogP contribution in [0.4, 0.5) is 11.8 Å². The number of fused-ring (bicyclic) bond motifs is 1. The number of nitrogens with zero attached hydrogens (tertiary/aromatic N) is 3. The van der Waals surface area contributed by atoms with Gasteiger partial charge in [0.05, 0.1) is 5.52 Å². The Labute approximate surface area is 148 Å². The molecule has 1 N–H and O–H groups in total. The first-order chi connectivity index (χ1) is 12.3. The smallest absolute Gasteiger partial charge is 0.227 e. The summed E-state index contributed by atoms with van der Waals surface area (Å²) in [6.45, 7) is 4.98. The number of nitrogens with one attached hydrogen (secondary N) is 1. The second-order valence-corrected chi connectivity index (χ2v) is 6.78. The lowest BCUT2D eigenvalue weighted by atomic mass is 10.1. The van der Waals surface area contributed by atoms with E-state index in [1.165, 1.54) is 30.4 Å². The van der Waals surface area contributed by atoms with E-state index in [9.17, 15) is 0 Å². The van der Waals surface area contributed by atoms with E-state index in [0.717, 1.165) is 42.3 Å². The monoisotopic (exact) mass is 332 g/mol. The molecule has 0 bridgehead atoms. The molecule has 0 atom stereocenters. The zero-order chi connectivity index (χ0) is 17.1. The van der Waals surface area contributed by atoms with E-state index in [-0.39, 0.29) is 0 Å². The molecule has 0 amide bonds. The molecule has 0 unspecified atom stereocenters. The first-order valence-electron chi connectivity index (χ1n) is 9.11. The number of benzene rings is 2. The second kappa shape index (κ2) is 7.09. The van der Waals surface area contributed by atoms with Gasteiger partial charge in [0.25, 0.3) is 0 Å². The predicted molar refractivity (Wildman–Crippen MR) is 104 cm³/mol. The number of anilines is 2. The molecule has 0 aliphatic carbocycles. The molecule has 3 aromatic rings. The minimum Gasteiger partial charge on any atom is -0.365 e. The lowest BCUT2D eigenvalue weighted by Gasteiger charge is -2.27. The molecular weight excluding hydrogens is 308 g/mol. The van der Waals surface area contributed by atoms with Gasteiger partial charge in [-0.25, -0.2) is 4.98 Å². The molecule has 1 saturated heterocycles. The fraction of sp³-hybridized carbons (Fsp3) is 0.333. The molecule has 4 rings (SSSR count). The average Bonchev–Trinajstić information content (AvgIpc) is 2.68. The molecule has 1 fully saturated rings. The van der Waals surface area contributed by atoms with Crippen molar-refractivity contribution in [2.24, 2.45) is 0 Å². The highest BCUT2D eigenvalue weighted by atomic mass is 15.3. The number of hydrogen-bond donors (Lipinski definition) is 1. The van der Waals surface area contributed by atoms with Crippen molar-refractivity contribution in [2.45, 2.75) is 32.7 Å². The molecule has 25 heavy (non-hydrogen) atoms. The fourth-order valence-electron chi connectivity index (χ4n) is 3.33. The standard InChI is InChI=1S/C21H24N4/c1-16-9-11-17(12-10-16)15-22-20-18-7-3-4-8-19(18)23-21(24-20)25-13-5-2-6-14-25/h3-4,7-12H,2,5-6,13-15H2,1H3,(H,22,23,24). The van der Waals surface area contributed by atoms with Gasteiger partial charge in [-0.2, -0.15) is 4.98 Å². The summed E-state index contributed by atoms with van der Waals surface area (Å²) in [5.74, 6) is 1.77. The normalized spacial score (nSPS) is 14.7. The summed E-state index contributed by atoms with van der Waals surface area (Å²) in [7, 11) is 0. The third kappa shape index (κ3) is 3.58. The molecule has 2 heterocycles. The van der Waals surface area contributed by atoms with Crippen LogP contribution >= 0.6 is 0 Å². The minimum absolute atomic E-state index is 0.765. The van der Waals surface area contributed by atoms with Gasteiger partial charge in [-0.05, 0) is 43.9 Å². The zero-order valence-electron chi connectivity index (χ0n) is 14.7. The van der Waals surface area contributed by atoms with Crippen LogP contribution in [0, 0.1) is 6.92 Å². The van der Waals surface area contributed by atoms with E-state index in [2.05, 4.69) is 53.5 Å². The maximum absolute atomic E-state index is 4.86. The quantitative estimate of drug-likeness (QED) is 0.761. The number of aromatic nitrogens is 2. The van der Waals surface area contributed by atoms with Gasteiger partial charge in [-0.1, -0.05) is 42.0 Å². The van der Waals surface area contributed by atoms with Crippen molar-refractivity contribution in [3.8, 4) is 0 Å². The summed E-state index contributed by atoms with van der Waals surface area (Å²) in [6.07, 6.45) is 3.76. The van der Waals surface area contributed by atoms with Gasteiger partial charge in [0.15, 0.2) is 0 Å². The minimum atomic E-state index is 0.765. The third-order valence-corrected chi connectivity index (χ3v) is 4.81. The highest BCUT2D eigenvalue weighted by Crippen LogP contribution is 2.25. The van der Waals surface area contributed by atoms with Crippen LogP contribution in [0.2, 0.25) is 0 Å². The molecule has 1 aliphatic heterocycles. The summed E-state index contributed by atoms with van der Waals surface area (Å²) in [5.41, 5.74) is 3.54. The van der Waals surface area contributed by atoms with Gasteiger partial charge in [-0.15, -0.1) is 0 Å². The van der Waals surface area contributed by atoms with E-state index < -0.39 is 0 Å². The molecule has 0 spiro atoms. The van der Waals surface area contributed by atoms with E-state index >= 15 is 0 Å². The Balaban J connectivity index is 1.64. The van der Waals surface area contributed by atoms with Gasteiger partial charge in [-0.3, -0.25) is 0 Å². The van der Waals surface area contributed by atoms with Crippen LogP contribution in [-0.2, 0) is 6.54 Å². The van der Waals surface area contributed by atoms with E-state index in [1.807, 2.05) is 12.1 Å². The van der Waals surface area contributed by atoms with Gasteiger partial charge in [0.2, 0.25) is 5.95 Å². The molecule has 4 heteroatoms. The zero-order valence-corrected chi connectivity index (χ0v) is 14.7. The lowest BCUT2D eigenvalue weighted by molar-refractivity contribution is 0.569. The van der Waals surface area contributed by atoms with Crippen molar-refractivity contribution >= 4 is 22.7 Å². The topological polar surface area (TPSA) is 41.1 Å². The molecule has 2 aromatic carbocycles. The Kier molecular flexibility index (Phi) is 4.51. The van der Waals surface area contributed by atoms with Crippen LogP contribution in [-0.4, -0.2) is 23.1 Å². The molecule has 1 aromatic heterocycles. The average molecular weight is 332 g/mol. The predicted octanol–water partition coefficient (Wildman–Crippen LogP) is 4.54. The molecular formula is C21H24N4. The van der Waals surface area contributed by atoms with Gasteiger partial charge in [0.1, 0.15) is 5.82 Å². The number of piperidine rings is 1. The van der Waals surface area contributed by atoms with Gasteiger partial charge >= 0.3 is 0 Å². The second-order valence-electron chi connectivity index (χ2n) is 6.78. The Morgan fingerprint density at radius 3 is 2.48 bits per heavy atom. The van der Waals surface area contributed by atoms with Crippen molar-refractivity contribution in [1.82, 2.24) is 9.97 Å². The summed E-state index contributed by atoms with van der Waals surface area (Å²) in [4.78, 5) is 12.0. The van der Waals surface area contributed by atoms with Crippen LogP contribution in [0.5, 0.6) is 0 Å². The molecule has 0 radical (unpaired) electrons. The van der Waals surface area contributed by atoms with Gasteiger partial charge < -0.3 is 10.2 Å². The first-order valence-corrected chi connectivity index (χ1v) is 9.11. The Morgan fingerprint density at radius 1 is 0.920 bits per heavy atom. The highest BCUT2D eigenvalue weighted by molar-refractivity contribution is 5.90. The van der Waals surface area contributed by atoms with Crippen molar-refractivity contribution in [3.05, 3.63) is 59.7 Å². The van der Waals surface area contributed by atoms with Crippen molar-refractivity contribution in [1.29, 1.82) is 0 Å². The number of hydrogen-bond acceptors (Lipinski definition) is 4. The number of para-hydroxylation sites is 1. The number of rotatable bonds is 4. The summed E-state index contributed by atoms with van der Waals surface area (Å²) in [5, 5.41) is 4.60. The summed E-state index contributed by atoms with van der Waals surface area (Å²) < 4.78 is 0. The lowest BCUT2D eigenvalue weighted by Crippen LogP contribution is -2.31. The summed E-state index contributed by atoms with van der Waals surface area (Å²) in [6, 6.07) is 16.9. The third-order valence-electron chi connectivity index (χ3n) is 4.81. The molecule has 128 valence electrons. The Hall–Kier alpha value is -2.62. The van der Waals surface area contributed by atoms with Crippen LogP contribution < -0.4 is 10.2 Å². The molecule has 4 nitrogen and oxygen atoms in total. The van der Waals surface area contributed by atoms with E-state index in [4.69, 9.17) is 9.97 Å². The number of aryl methyl sites for hydroxylation is 1. The molecule has 1 aliphatic rings. The van der Waals surface area contributed by atoms with E-state index in [1.54, 1.807) is 0 Å². The van der Waals surface area contributed by atoms with Crippen molar-refractivity contribution in [3.63, 3.8) is 0 Å². The SMILES string of the molecule is Cc1ccc(CNc2nc(N3CCCCC3)nc3ccccc23)cc1. The van der Waals surface area contributed by atoms with Crippen LogP contribution in [0.25, 0.3) is 10.9 Å². The summed E-state index contributed by atoms with van der Waals surface area (Å²) >= 11 is 0. The van der Waals surface area contributed by atoms with Crippen molar-refractivity contribution < 1.29 is 0 Å². The van der Waals surface area contributed by atoms with Crippen LogP contribution in [0.15, 0.2) is 48.5 Å².